The summed E-state index contributed by atoms with van der Waals surface area (Å²) < 4.78 is 10.8. The van der Waals surface area contributed by atoms with Crippen molar-refractivity contribution < 1.29 is 9.47 Å². The van der Waals surface area contributed by atoms with Crippen LogP contribution in [0.2, 0.25) is 0 Å². The topological polar surface area (TPSA) is 21.7 Å². The number of methoxy groups -OCH3 is 2. The van der Waals surface area contributed by atoms with Crippen LogP contribution in [0.15, 0.2) is 17.8 Å². The third-order valence-electron chi connectivity index (χ3n) is 4.13. The lowest BCUT2D eigenvalue weighted by atomic mass is 9.94. The first-order valence-electron chi connectivity index (χ1n) is 7.02. The zero-order valence-corrected chi connectivity index (χ0v) is 11.7. The Morgan fingerprint density at radius 2 is 1.63 bits per heavy atom. The summed E-state index contributed by atoms with van der Waals surface area (Å²) in [5.41, 5.74) is 4.13. The molecule has 0 amide bonds. The van der Waals surface area contributed by atoms with Gasteiger partial charge in [0.15, 0.2) is 11.5 Å². The second-order valence-corrected chi connectivity index (χ2v) is 5.24. The number of rotatable bonds is 3. The molecule has 0 atom stereocenters. The van der Waals surface area contributed by atoms with E-state index in [2.05, 4.69) is 23.1 Å². The van der Waals surface area contributed by atoms with Crippen LogP contribution in [-0.4, -0.2) is 32.2 Å². The van der Waals surface area contributed by atoms with Crippen molar-refractivity contribution in [3.63, 3.8) is 0 Å². The van der Waals surface area contributed by atoms with Crippen LogP contribution < -0.4 is 9.47 Å². The molecule has 0 spiro atoms. The lowest BCUT2D eigenvalue weighted by Gasteiger charge is -2.26. The molecule has 19 heavy (non-hydrogen) atoms. The Morgan fingerprint density at radius 1 is 0.947 bits per heavy atom. The Hall–Kier alpha value is -1.64. The highest BCUT2D eigenvalue weighted by Gasteiger charge is 2.20. The molecule has 0 aromatic heterocycles. The van der Waals surface area contributed by atoms with E-state index in [1.54, 1.807) is 14.2 Å². The fourth-order valence-corrected chi connectivity index (χ4v) is 3.06. The molecule has 3 nitrogen and oxygen atoms in total. The van der Waals surface area contributed by atoms with Gasteiger partial charge in [-0.1, -0.05) is 0 Å². The smallest absolute Gasteiger partial charge is 0.161 e. The predicted molar refractivity (Wildman–Crippen MR) is 76.7 cm³/mol. The maximum atomic E-state index is 5.40. The van der Waals surface area contributed by atoms with Gasteiger partial charge in [0.05, 0.1) is 14.2 Å². The molecule has 3 rings (SSSR count). The fourth-order valence-electron chi connectivity index (χ4n) is 3.06. The number of hydrogen-bond acceptors (Lipinski definition) is 3. The van der Waals surface area contributed by atoms with Gasteiger partial charge < -0.3 is 14.4 Å². The number of nitrogens with zero attached hydrogens (tertiary/aromatic N) is 1. The van der Waals surface area contributed by atoms with Gasteiger partial charge in [0.1, 0.15) is 0 Å². The summed E-state index contributed by atoms with van der Waals surface area (Å²) in [6.45, 7) is 2.43. The maximum Gasteiger partial charge on any atom is 0.161 e. The number of fused-ring (bicyclic) bond motifs is 1. The van der Waals surface area contributed by atoms with Gasteiger partial charge in [0.25, 0.3) is 0 Å². The molecule has 1 aromatic carbocycles. The van der Waals surface area contributed by atoms with Crippen LogP contribution in [0, 0.1) is 0 Å². The molecule has 0 bridgehead atoms. The van der Waals surface area contributed by atoms with Gasteiger partial charge in [-0.2, -0.15) is 0 Å². The highest BCUT2D eigenvalue weighted by molar-refractivity contribution is 5.64. The molecule has 1 saturated heterocycles. The first-order chi connectivity index (χ1) is 9.31. The number of ether oxygens (including phenoxy) is 2. The van der Waals surface area contributed by atoms with Crippen LogP contribution >= 0.6 is 0 Å². The fraction of sp³-hybridized carbons (Fsp3) is 0.500. The van der Waals surface area contributed by atoms with E-state index in [4.69, 9.17) is 9.47 Å². The van der Waals surface area contributed by atoms with Gasteiger partial charge in [-0.3, -0.25) is 0 Å². The summed E-state index contributed by atoms with van der Waals surface area (Å²) in [4.78, 5) is 2.53. The van der Waals surface area contributed by atoms with Crippen molar-refractivity contribution in [3.8, 4) is 11.5 Å². The first kappa shape index (κ1) is 12.4. The number of hydrogen-bond donors (Lipinski definition) is 0. The molecule has 0 saturated carbocycles. The molecule has 102 valence electrons. The third-order valence-corrected chi connectivity index (χ3v) is 4.13. The minimum absolute atomic E-state index is 0.820. The van der Waals surface area contributed by atoms with Crippen LogP contribution in [0.1, 0.15) is 30.4 Å². The summed E-state index contributed by atoms with van der Waals surface area (Å²) in [7, 11) is 3.39. The Balaban J connectivity index is 1.95. The summed E-state index contributed by atoms with van der Waals surface area (Å²) in [6, 6.07) is 4.22. The Labute approximate surface area is 114 Å². The monoisotopic (exact) mass is 259 g/mol. The van der Waals surface area contributed by atoms with E-state index in [0.29, 0.717) is 0 Å². The maximum absolute atomic E-state index is 5.40. The number of aryl methyl sites for hydroxylation is 1. The Bertz CT molecular complexity index is 502. The van der Waals surface area contributed by atoms with Gasteiger partial charge in [-0.05, 0) is 55.0 Å². The molecule has 0 N–H and O–H groups in total. The predicted octanol–water partition coefficient (Wildman–Crippen LogP) is 3.09. The van der Waals surface area contributed by atoms with E-state index in [0.717, 1.165) is 24.3 Å². The summed E-state index contributed by atoms with van der Waals surface area (Å²) in [5.74, 6) is 1.65. The SMILES string of the molecule is COc1cc2c(cc1OC)CCC(N1CCCC1)=C2. The second-order valence-electron chi connectivity index (χ2n) is 5.24. The Morgan fingerprint density at radius 3 is 2.32 bits per heavy atom. The number of likely N-dealkylation sites (tertiary alicyclic amines) is 1. The van der Waals surface area contributed by atoms with E-state index in [-0.39, 0.29) is 0 Å². The van der Waals surface area contributed by atoms with E-state index in [1.165, 1.54) is 42.8 Å². The molecule has 1 aliphatic carbocycles. The van der Waals surface area contributed by atoms with Crippen LogP contribution in [0.25, 0.3) is 6.08 Å². The molecular formula is C16H21NO2. The molecule has 3 heteroatoms. The highest BCUT2D eigenvalue weighted by atomic mass is 16.5. The van der Waals surface area contributed by atoms with Gasteiger partial charge in [0, 0.05) is 18.8 Å². The number of allylic oxidation sites excluding steroid dienone is 1. The third kappa shape index (κ3) is 2.29. The van der Waals surface area contributed by atoms with Crippen molar-refractivity contribution in [1.82, 2.24) is 4.90 Å². The first-order valence-corrected chi connectivity index (χ1v) is 7.02. The van der Waals surface area contributed by atoms with E-state index in [1.807, 2.05) is 0 Å². The van der Waals surface area contributed by atoms with Crippen molar-refractivity contribution in [2.24, 2.45) is 0 Å². The molecule has 1 fully saturated rings. The summed E-state index contributed by atoms with van der Waals surface area (Å²) >= 11 is 0. The van der Waals surface area contributed by atoms with Gasteiger partial charge in [-0.25, -0.2) is 0 Å². The summed E-state index contributed by atoms with van der Waals surface area (Å²) in [5, 5.41) is 0. The zero-order chi connectivity index (χ0) is 13.2. The second kappa shape index (κ2) is 5.16. The minimum Gasteiger partial charge on any atom is -0.493 e. The van der Waals surface area contributed by atoms with Crippen LogP contribution in [0.5, 0.6) is 11.5 Å². The molecular weight excluding hydrogens is 238 g/mol. The average Bonchev–Trinajstić information content (AvgIpc) is 2.99. The van der Waals surface area contributed by atoms with Crippen LogP contribution in [0.4, 0.5) is 0 Å². The van der Waals surface area contributed by atoms with Crippen molar-refractivity contribution in [2.45, 2.75) is 25.7 Å². The van der Waals surface area contributed by atoms with Gasteiger partial charge in [-0.15, -0.1) is 0 Å². The standard InChI is InChI=1S/C16H21NO2/c1-18-15-10-12-5-6-14(17-7-3-4-8-17)9-13(12)11-16(15)19-2/h9-11H,3-8H2,1-2H3. The molecule has 0 unspecified atom stereocenters. The number of benzene rings is 1. The Kier molecular flexibility index (Phi) is 3.36. The van der Waals surface area contributed by atoms with Crippen molar-refractivity contribution in [2.75, 3.05) is 27.3 Å². The summed E-state index contributed by atoms with van der Waals surface area (Å²) in [6.07, 6.45) is 7.22. The molecule has 1 aliphatic heterocycles. The largest absolute Gasteiger partial charge is 0.493 e. The normalized spacial score (nSPS) is 18.0. The molecule has 1 aromatic rings. The van der Waals surface area contributed by atoms with E-state index in [9.17, 15) is 0 Å². The molecule has 1 heterocycles. The zero-order valence-electron chi connectivity index (χ0n) is 11.7. The lowest BCUT2D eigenvalue weighted by molar-refractivity contribution is 0.354. The van der Waals surface area contributed by atoms with Crippen molar-refractivity contribution >= 4 is 6.08 Å². The van der Waals surface area contributed by atoms with Gasteiger partial charge >= 0.3 is 0 Å². The average molecular weight is 259 g/mol. The van der Waals surface area contributed by atoms with Crippen molar-refractivity contribution in [1.29, 1.82) is 0 Å². The van der Waals surface area contributed by atoms with Crippen molar-refractivity contribution in [3.05, 3.63) is 29.0 Å². The quantitative estimate of drug-likeness (QED) is 0.832. The van der Waals surface area contributed by atoms with Crippen LogP contribution in [0.3, 0.4) is 0 Å². The lowest BCUT2D eigenvalue weighted by Crippen LogP contribution is -2.20. The van der Waals surface area contributed by atoms with E-state index < -0.39 is 0 Å². The molecule has 2 aliphatic rings. The van der Waals surface area contributed by atoms with Gasteiger partial charge in [0.2, 0.25) is 0 Å². The minimum atomic E-state index is 0.820. The highest BCUT2D eigenvalue weighted by Crippen LogP contribution is 2.36. The van der Waals surface area contributed by atoms with E-state index >= 15 is 0 Å². The molecule has 0 radical (unpaired) electrons. The van der Waals surface area contributed by atoms with Crippen LogP contribution in [-0.2, 0) is 6.42 Å².